The number of benzene rings is 2. The molecule has 2 nitrogen and oxygen atoms in total. The summed E-state index contributed by atoms with van der Waals surface area (Å²) in [7, 11) is 0. The first-order valence-electron chi connectivity index (χ1n) is 8.98. The van der Waals surface area contributed by atoms with Crippen molar-refractivity contribution in [1.29, 1.82) is 0 Å². The molecule has 0 unspecified atom stereocenters. The molecule has 0 bridgehead atoms. The summed E-state index contributed by atoms with van der Waals surface area (Å²) in [6, 6.07) is 21.3. The van der Waals surface area contributed by atoms with Crippen LogP contribution in [0.25, 0.3) is 0 Å². The molecule has 0 aliphatic rings. The molecule has 2 heteroatoms. The molecule has 0 N–H and O–H groups in total. The maximum Gasteiger partial charge on any atom is 0.113 e. The Kier molecular flexibility index (Phi) is 5.84. The van der Waals surface area contributed by atoms with Crippen LogP contribution in [0.15, 0.2) is 66.9 Å². The summed E-state index contributed by atoms with van der Waals surface area (Å²) in [5.74, 6) is 1.19. The maximum absolute atomic E-state index is 4.92. The second-order valence-electron chi connectivity index (χ2n) is 6.34. The van der Waals surface area contributed by atoms with Gasteiger partial charge in [-0.25, -0.2) is 4.98 Å². The van der Waals surface area contributed by atoms with Gasteiger partial charge in [-0.1, -0.05) is 67.6 Å². The first-order chi connectivity index (χ1) is 11.8. The molecule has 0 radical (unpaired) electrons. The zero-order valence-electron chi connectivity index (χ0n) is 14.5. The molecule has 0 saturated carbocycles. The van der Waals surface area contributed by atoms with Gasteiger partial charge in [0.2, 0.25) is 0 Å². The Balaban J connectivity index is 1.64. The van der Waals surface area contributed by atoms with E-state index in [2.05, 4.69) is 78.4 Å². The molecule has 0 saturated heterocycles. The minimum absolute atomic E-state index is 0.916. The molecule has 3 rings (SSSR count). The summed E-state index contributed by atoms with van der Waals surface area (Å²) >= 11 is 0. The van der Waals surface area contributed by atoms with Crippen molar-refractivity contribution in [3.63, 3.8) is 0 Å². The summed E-state index contributed by atoms with van der Waals surface area (Å²) in [6.07, 6.45) is 7.63. The molecular formula is C22H26N2. The van der Waals surface area contributed by atoms with Gasteiger partial charge in [0.15, 0.2) is 0 Å². The lowest BCUT2D eigenvalue weighted by Gasteiger charge is -2.05. The van der Waals surface area contributed by atoms with E-state index in [1.54, 1.807) is 0 Å². The van der Waals surface area contributed by atoms with Crippen LogP contribution in [0, 0.1) is 0 Å². The van der Waals surface area contributed by atoms with Crippen LogP contribution in [0.1, 0.15) is 42.4 Å². The van der Waals surface area contributed by atoms with Crippen LogP contribution >= 0.6 is 0 Å². The smallest absolute Gasteiger partial charge is 0.113 e. The van der Waals surface area contributed by atoms with Gasteiger partial charge in [-0.15, -0.1) is 0 Å². The first kappa shape index (κ1) is 16.5. The summed E-state index contributed by atoms with van der Waals surface area (Å²) in [5.41, 5.74) is 3.97. The maximum atomic E-state index is 4.92. The highest BCUT2D eigenvalue weighted by Crippen LogP contribution is 2.13. The molecule has 0 atom stereocenters. The summed E-state index contributed by atoms with van der Waals surface area (Å²) in [4.78, 5) is 4.92. The van der Waals surface area contributed by atoms with Gasteiger partial charge in [0, 0.05) is 19.2 Å². The molecule has 1 heterocycles. The van der Waals surface area contributed by atoms with Crippen LogP contribution < -0.4 is 0 Å². The second-order valence-corrected chi connectivity index (χ2v) is 6.34. The molecule has 2 aromatic carbocycles. The van der Waals surface area contributed by atoms with E-state index in [9.17, 15) is 0 Å². The number of hydrogen-bond acceptors (Lipinski definition) is 1. The fourth-order valence-corrected chi connectivity index (χ4v) is 3.11. The number of imidazole rings is 1. The van der Waals surface area contributed by atoms with Crippen molar-refractivity contribution in [2.75, 3.05) is 0 Å². The zero-order chi connectivity index (χ0) is 16.6. The Labute approximate surface area is 145 Å². The number of hydrogen-bond donors (Lipinski definition) is 0. The van der Waals surface area contributed by atoms with Gasteiger partial charge in [-0.05, 0) is 36.8 Å². The molecule has 1 aromatic heterocycles. The van der Waals surface area contributed by atoms with E-state index >= 15 is 0 Å². The molecule has 0 fully saturated rings. The van der Waals surface area contributed by atoms with Crippen molar-refractivity contribution in [3.8, 4) is 0 Å². The van der Waals surface area contributed by atoms with Crippen LogP contribution in [0.2, 0.25) is 0 Å². The Hall–Kier alpha value is -2.35. The van der Waals surface area contributed by atoms with Crippen LogP contribution in [0.4, 0.5) is 0 Å². The Bertz CT molecular complexity index is 729. The van der Waals surface area contributed by atoms with Crippen LogP contribution in [0.5, 0.6) is 0 Å². The molecular weight excluding hydrogens is 292 g/mol. The molecule has 0 aliphatic carbocycles. The van der Waals surface area contributed by atoms with Crippen LogP contribution in [-0.4, -0.2) is 9.55 Å². The van der Waals surface area contributed by atoms with Gasteiger partial charge >= 0.3 is 0 Å². The normalized spacial score (nSPS) is 10.9. The molecule has 0 aliphatic heterocycles. The average molecular weight is 318 g/mol. The minimum atomic E-state index is 0.916. The third kappa shape index (κ3) is 4.58. The third-order valence-electron chi connectivity index (χ3n) is 4.32. The molecule has 0 spiro atoms. The van der Waals surface area contributed by atoms with E-state index in [1.807, 2.05) is 0 Å². The Morgan fingerprint density at radius 3 is 2.17 bits per heavy atom. The fraction of sp³-hybridized carbons (Fsp3) is 0.318. The lowest BCUT2D eigenvalue weighted by molar-refractivity contribution is 0.646. The van der Waals surface area contributed by atoms with Gasteiger partial charge < -0.3 is 4.57 Å². The lowest BCUT2D eigenvalue weighted by atomic mass is 10.1. The second kappa shape index (κ2) is 8.49. The van der Waals surface area contributed by atoms with Gasteiger partial charge in [0.1, 0.15) is 5.82 Å². The van der Waals surface area contributed by atoms with E-state index in [-0.39, 0.29) is 0 Å². The average Bonchev–Trinajstić information content (AvgIpc) is 2.99. The van der Waals surface area contributed by atoms with Crippen molar-refractivity contribution in [2.45, 2.75) is 45.6 Å². The largest absolute Gasteiger partial charge is 0.334 e. The fourth-order valence-electron chi connectivity index (χ4n) is 3.11. The number of nitrogens with zero attached hydrogens (tertiary/aromatic N) is 2. The van der Waals surface area contributed by atoms with Crippen molar-refractivity contribution >= 4 is 0 Å². The topological polar surface area (TPSA) is 17.8 Å². The standard InChI is InChI=1S/C22H26N2/c1-2-16-24-18-21(15-9-14-19-10-5-3-6-11-19)23-22(24)17-20-12-7-4-8-13-20/h3-8,10-13,18H,2,9,14-17H2,1H3. The quantitative estimate of drug-likeness (QED) is 0.567. The van der Waals surface area contributed by atoms with E-state index in [0.717, 1.165) is 38.6 Å². The van der Waals surface area contributed by atoms with Crippen molar-refractivity contribution in [3.05, 3.63) is 89.5 Å². The number of aromatic nitrogens is 2. The Morgan fingerprint density at radius 2 is 1.50 bits per heavy atom. The van der Waals surface area contributed by atoms with Crippen molar-refractivity contribution < 1.29 is 0 Å². The zero-order valence-corrected chi connectivity index (χ0v) is 14.5. The van der Waals surface area contributed by atoms with E-state index < -0.39 is 0 Å². The molecule has 3 aromatic rings. The van der Waals surface area contributed by atoms with Gasteiger partial charge in [-0.2, -0.15) is 0 Å². The molecule has 124 valence electrons. The molecule has 24 heavy (non-hydrogen) atoms. The highest BCUT2D eigenvalue weighted by molar-refractivity contribution is 5.20. The van der Waals surface area contributed by atoms with Crippen molar-refractivity contribution in [2.24, 2.45) is 0 Å². The monoisotopic (exact) mass is 318 g/mol. The van der Waals surface area contributed by atoms with E-state index in [4.69, 9.17) is 4.98 Å². The van der Waals surface area contributed by atoms with E-state index in [0.29, 0.717) is 0 Å². The molecule has 0 amide bonds. The first-order valence-corrected chi connectivity index (χ1v) is 8.98. The minimum Gasteiger partial charge on any atom is -0.334 e. The van der Waals surface area contributed by atoms with Gasteiger partial charge in [-0.3, -0.25) is 0 Å². The summed E-state index contributed by atoms with van der Waals surface area (Å²) < 4.78 is 2.34. The highest BCUT2D eigenvalue weighted by Gasteiger charge is 2.08. The number of rotatable bonds is 8. The predicted octanol–water partition coefficient (Wildman–Crippen LogP) is 5.06. The predicted molar refractivity (Wildman–Crippen MR) is 100 cm³/mol. The van der Waals surface area contributed by atoms with E-state index in [1.165, 1.54) is 22.6 Å². The SMILES string of the molecule is CCCn1cc(CCCc2ccccc2)nc1Cc1ccccc1. The van der Waals surface area contributed by atoms with Crippen LogP contribution in [0.3, 0.4) is 0 Å². The van der Waals surface area contributed by atoms with Crippen LogP contribution in [-0.2, 0) is 25.8 Å². The van der Waals surface area contributed by atoms with Gasteiger partial charge in [0.25, 0.3) is 0 Å². The number of aryl methyl sites for hydroxylation is 3. The summed E-state index contributed by atoms with van der Waals surface area (Å²) in [6.45, 7) is 3.27. The van der Waals surface area contributed by atoms with Gasteiger partial charge in [0.05, 0.1) is 5.69 Å². The Morgan fingerprint density at radius 1 is 0.833 bits per heavy atom. The van der Waals surface area contributed by atoms with Crippen molar-refractivity contribution in [1.82, 2.24) is 9.55 Å². The third-order valence-corrected chi connectivity index (χ3v) is 4.32. The lowest BCUT2D eigenvalue weighted by Crippen LogP contribution is -2.03. The highest BCUT2D eigenvalue weighted by atomic mass is 15.1. The summed E-state index contributed by atoms with van der Waals surface area (Å²) in [5, 5.41) is 0.